The fourth-order valence-corrected chi connectivity index (χ4v) is 2.23. The van der Waals surface area contributed by atoms with Gasteiger partial charge in [-0.2, -0.15) is 0 Å². The maximum Gasteiger partial charge on any atom is 0.310 e. The third kappa shape index (κ3) is 2.39. The van der Waals surface area contributed by atoms with E-state index < -0.39 is 0 Å². The first-order valence-corrected chi connectivity index (χ1v) is 5.20. The Hall–Kier alpha value is -0.280. The lowest BCUT2D eigenvalue weighted by Gasteiger charge is -2.15. The van der Waals surface area contributed by atoms with Gasteiger partial charge in [0, 0.05) is 6.54 Å². The lowest BCUT2D eigenvalue weighted by molar-refractivity contribution is -0.148. The van der Waals surface area contributed by atoms with Crippen LogP contribution >= 0.6 is 12.4 Å². The van der Waals surface area contributed by atoms with E-state index in [1.807, 2.05) is 6.92 Å². The minimum Gasteiger partial charge on any atom is -0.466 e. The first kappa shape index (κ1) is 11.8. The van der Waals surface area contributed by atoms with Crippen LogP contribution in [-0.4, -0.2) is 25.7 Å². The number of esters is 1. The second-order valence-electron chi connectivity index (χ2n) is 4.02. The molecule has 0 amide bonds. The molecule has 1 aliphatic carbocycles. The largest absolute Gasteiger partial charge is 0.466 e. The van der Waals surface area contributed by atoms with Gasteiger partial charge in [0.15, 0.2) is 0 Å². The lowest BCUT2D eigenvalue weighted by Crippen LogP contribution is -2.26. The molecule has 1 aliphatic heterocycles. The molecule has 0 spiro atoms. The van der Waals surface area contributed by atoms with E-state index in [0.29, 0.717) is 12.5 Å². The summed E-state index contributed by atoms with van der Waals surface area (Å²) in [4.78, 5) is 11.5. The molecule has 2 rings (SSSR count). The minimum atomic E-state index is 0. The monoisotopic (exact) mass is 219 g/mol. The van der Waals surface area contributed by atoms with Gasteiger partial charge >= 0.3 is 5.97 Å². The first-order chi connectivity index (χ1) is 6.33. The highest BCUT2D eigenvalue weighted by molar-refractivity contribution is 5.85. The van der Waals surface area contributed by atoms with Crippen LogP contribution in [0.5, 0.6) is 0 Å². The van der Waals surface area contributed by atoms with E-state index >= 15 is 0 Å². The van der Waals surface area contributed by atoms with E-state index in [-0.39, 0.29) is 24.3 Å². The van der Waals surface area contributed by atoms with Crippen molar-refractivity contribution in [2.24, 2.45) is 17.8 Å². The Labute approximate surface area is 91.0 Å². The van der Waals surface area contributed by atoms with Gasteiger partial charge in [0.2, 0.25) is 0 Å². The van der Waals surface area contributed by atoms with Crippen LogP contribution in [0.15, 0.2) is 0 Å². The second kappa shape index (κ2) is 4.99. The van der Waals surface area contributed by atoms with Gasteiger partial charge in [-0.25, -0.2) is 0 Å². The van der Waals surface area contributed by atoms with Crippen LogP contribution in [0.2, 0.25) is 0 Å². The van der Waals surface area contributed by atoms with E-state index in [0.717, 1.165) is 19.0 Å². The van der Waals surface area contributed by atoms with E-state index in [4.69, 9.17) is 4.74 Å². The van der Waals surface area contributed by atoms with Crippen LogP contribution in [-0.2, 0) is 9.53 Å². The Bertz CT molecular complexity index is 206. The number of carbonyl (C=O) groups excluding carboxylic acids is 1. The van der Waals surface area contributed by atoms with Crippen LogP contribution in [0, 0.1) is 17.8 Å². The maximum absolute atomic E-state index is 11.5. The third-order valence-corrected chi connectivity index (χ3v) is 3.08. The average Bonchev–Trinajstić information content (AvgIpc) is 2.84. The van der Waals surface area contributed by atoms with E-state index in [2.05, 4.69) is 5.32 Å². The molecule has 2 aliphatic rings. The van der Waals surface area contributed by atoms with Crippen LogP contribution in [0.4, 0.5) is 0 Å². The molecule has 4 heteroatoms. The molecular weight excluding hydrogens is 202 g/mol. The van der Waals surface area contributed by atoms with Gasteiger partial charge in [0.05, 0.1) is 12.5 Å². The predicted octanol–water partition coefficient (Wildman–Crippen LogP) is 1.22. The predicted molar refractivity (Wildman–Crippen MR) is 56.5 cm³/mol. The maximum atomic E-state index is 11.5. The molecule has 0 radical (unpaired) electrons. The summed E-state index contributed by atoms with van der Waals surface area (Å²) in [7, 11) is 0. The van der Waals surface area contributed by atoms with Crippen LogP contribution < -0.4 is 5.32 Å². The first-order valence-electron chi connectivity index (χ1n) is 5.20. The van der Waals surface area contributed by atoms with Gasteiger partial charge in [-0.05, 0) is 38.1 Å². The molecule has 0 aromatic heterocycles. The minimum absolute atomic E-state index is 0. The molecule has 1 N–H and O–H groups in total. The molecule has 1 heterocycles. The number of hydrogen-bond acceptors (Lipinski definition) is 3. The van der Waals surface area contributed by atoms with Crippen molar-refractivity contribution in [3.8, 4) is 0 Å². The summed E-state index contributed by atoms with van der Waals surface area (Å²) >= 11 is 0. The van der Waals surface area contributed by atoms with E-state index in [1.165, 1.54) is 12.8 Å². The van der Waals surface area contributed by atoms with Crippen molar-refractivity contribution in [2.45, 2.75) is 19.8 Å². The Morgan fingerprint density at radius 1 is 1.43 bits per heavy atom. The summed E-state index contributed by atoms with van der Waals surface area (Å²) in [5.41, 5.74) is 0. The summed E-state index contributed by atoms with van der Waals surface area (Å²) < 4.78 is 5.06. The van der Waals surface area contributed by atoms with Gasteiger partial charge in [-0.15, -0.1) is 12.4 Å². The summed E-state index contributed by atoms with van der Waals surface area (Å²) in [5, 5.41) is 3.28. The molecule has 0 unspecified atom stereocenters. The molecule has 0 aromatic carbocycles. The number of rotatable bonds is 3. The van der Waals surface area contributed by atoms with Gasteiger partial charge in [0.25, 0.3) is 0 Å². The highest BCUT2D eigenvalue weighted by Gasteiger charge is 2.43. The Kier molecular flexibility index (Phi) is 4.20. The average molecular weight is 220 g/mol. The van der Waals surface area contributed by atoms with Crippen LogP contribution in [0.3, 0.4) is 0 Å². The third-order valence-electron chi connectivity index (χ3n) is 3.08. The quantitative estimate of drug-likeness (QED) is 0.726. The van der Waals surface area contributed by atoms with Gasteiger partial charge < -0.3 is 10.1 Å². The van der Waals surface area contributed by atoms with E-state index in [1.54, 1.807) is 0 Å². The molecule has 0 aromatic rings. The number of nitrogens with one attached hydrogen (secondary N) is 1. The number of carbonyl (C=O) groups is 1. The summed E-state index contributed by atoms with van der Waals surface area (Å²) in [6.07, 6.45) is 2.62. The number of halogens is 1. The van der Waals surface area contributed by atoms with Crippen LogP contribution in [0.25, 0.3) is 0 Å². The molecule has 14 heavy (non-hydrogen) atoms. The Morgan fingerprint density at radius 3 is 2.71 bits per heavy atom. The van der Waals surface area contributed by atoms with E-state index in [9.17, 15) is 4.79 Å². The fourth-order valence-electron chi connectivity index (χ4n) is 2.23. The SMILES string of the molecule is CCOC(=O)[C@@H]1CNC[C@H]1C1CC1.Cl. The molecule has 1 saturated heterocycles. The zero-order valence-corrected chi connectivity index (χ0v) is 9.31. The van der Waals surface area contributed by atoms with Crippen molar-refractivity contribution < 1.29 is 9.53 Å². The normalized spacial score (nSPS) is 30.9. The standard InChI is InChI=1S/C10H17NO2.ClH/c1-2-13-10(12)9-6-11-5-8(9)7-3-4-7;/h7-9,11H,2-6H2,1H3;1H/t8-,9+;/m0./s1. The molecule has 82 valence electrons. The molecule has 2 atom stereocenters. The van der Waals surface area contributed by atoms with Crippen molar-refractivity contribution in [1.82, 2.24) is 5.32 Å². The summed E-state index contributed by atoms with van der Waals surface area (Å²) in [6, 6.07) is 0. The smallest absolute Gasteiger partial charge is 0.310 e. The van der Waals surface area contributed by atoms with Gasteiger partial charge in [-0.3, -0.25) is 4.79 Å². The summed E-state index contributed by atoms with van der Waals surface area (Å²) in [6.45, 7) is 4.20. The van der Waals surface area contributed by atoms with Crippen molar-refractivity contribution in [2.75, 3.05) is 19.7 Å². The van der Waals surface area contributed by atoms with Crippen molar-refractivity contribution >= 4 is 18.4 Å². The Morgan fingerprint density at radius 2 is 2.14 bits per heavy atom. The van der Waals surface area contributed by atoms with Crippen molar-refractivity contribution in [3.63, 3.8) is 0 Å². The molecular formula is C10H18ClNO2. The lowest BCUT2D eigenvalue weighted by atomic mass is 9.92. The number of hydrogen-bond donors (Lipinski definition) is 1. The molecule has 0 bridgehead atoms. The zero-order chi connectivity index (χ0) is 9.26. The highest BCUT2D eigenvalue weighted by Crippen LogP contribution is 2.42. The summed E-state index contributed by atoms with van der Waals surface area (Å²) in [5.74, 6) is 1.49. The molecule has 3 nitrogen and oxygen atoms in total. The van der Waals surface area contributed by atoms with Gasteiger partial charge in [0.1, 0.15) is 0 Å². The molecule has 1 saturated carbocycles. The van der Waals surface area contributed by atoms with Crippen molar-refractivity contribution in [1.29, 1.82) is 0 Å². The fraction of sp³-hybridized carbons (Fsp3) is 0.900. The highest BCUT2D eigenvalue weighted by atomic mass is 35.5. The Balaban J connectivity index is 0.000000980. The molecule has 2 fully saturated rings. The second-order valence-corrected chi connectivity index (χ2v) is 4.02. The van der Waals surface area contributed by atoms with Gasteiger partial charge in [-0.1, -0.05) is 0 Å². The topological polar surface area (TPSA) is 38.3 Å². The number of ether oxygens (including phenoxy) is 1. The van der Waals surface area contributed by atoms with Crippen molar-refractivity contribution in [3.05, 3.63) is 0 Å². The van der Waals surface area contributed by atoms with Crippen LogP contribution in [0.1, 0.15) is 19.8 Å². The zero-order valence-electron chi connectivity index (χ0n) is 8.49.